The van der Waals surface area contributed by atoms with Gasteiger partial charge in [0.25, 0.3) is 10.0 Å². The smallest absolute Gasteiger partial charge is 0.264 e. The fourth-order valence-corrected chi connectivity index (χ4v) is 8.23. The van der Waals surface area contributed by atoms with Crippen molar-refractivity contribution >= 4 is 50.7 Å². The van der Waals surface area contributed by atoms with E-state index in [4.69, 9.17) is 23.2 Å². The highest BCUT2D eigenvalue weighted by Gasteiger charge is 2.36. The lowest BCUT2D eigenvalue weighted by Crippen LogP contribution is -2.55. The van der Waals surface area contributed by atoms with E-state index in [1.807, 2.05) is 57.2 Å². The van der Waals surface area contributed by atoms with E-state index in [9.17, 15) is 18.0 Å². The van der Waals surface area contributed by atoms with E-state index >= 15 is 0 Å². The predicted molar refractivity (Wildman–Crippen MR) is 198 cm³/mol. The second-order valence-corrected chi connectivity index (χ2v) is 15.6. The molecule has 0 radical (unpaired) electrons. The minimum absolute atomic E-state index is 0.00366. The molecular formula is C39H43Cl2N3O4S. The maximum Gasteiger partial charge on any atom is 0.264 e. The summed E-state index contributed by atoms with van der Waals surface area (Å²) in [6, 6.07) is 25.5. The van der Waals surface area contributed by atoms with E-state index in [0.717, 1.165) is 58.7 Å². The molecule has 1 aliphatic carbocycles. The summed E-state index contributed by atoms with van der Waals surface area (Å²) in [6.45, 7) is 5.06. The summed E-state index contributed by atoms with van der Waals surface area (Å²) in [5.74, 6) is -0.823. The Morgan fingerprint density at radius 1 is 0.857 bits per heavy atom. The number of hydrogen-bond donors (Lipinski definition) is 1. The molecule has 0 unspecified atom stereocenters. The lowest BCUT2D eigenvalue weighted by atomic mass is 9.94. The number of nitrogens with one attached hydrogen (secondary N) is 1. The zero-order chi connectivity index (χ0) is 35.1. The predicted octanol–water partition coefficient (Wildman–Crippen LogP) is 8.20. The van der Waals surface area contributed by atoms with E-state index in [0.29, 0.717) is 21.3 Å². The van der Waals surface area contributed by atoms with Gasteiger partial charge < -0.3 is 10.2 Å². The van der Waals surface area contributed by atoms with E-state index in [1.165, 1.54) is 4.90 Å². The number of carbonyl (C=O) groups is 2. The first-order valence-corrected chi connectivity index (χ1v) is 18.9. The van der Waals surface area contributed by atoms with Crippen molar-refractivity contribution in [1.82, 2.24) is 10.2 Å². The number of sulfonamides is 1. The van der Waals surface area contributed by atoms with Gasteiger partial charge in [0.05, 0.1) is 10.6 Å². The molecule has 49 heavy (non-hydrogen) atoms. The van der Waals surface area contributed by atoms with Gasteiger partial charge in [-0.2, -0.15) is 0 Å². The van der Waals surface area contributed by atoms with Gasteiger partial charge in [-0.3, -0.25) is 13.9 Å². The lowest BCUT2D eigenvalue weighted by Gasteiger charge is -2.35. The molecular weight excluding hydrogens is 677 g/mol. The van der Waals surface area contributed by atoms with Gasteiger partial charge in [0.1, 0.15) is 12.6 Å². The lowest BCUT2D eigenvalue weighted by molar-refractivity contribution is -0.140. The van der Waals surface area contributed by atoms with Gasteiger partial charge in [-0.15, -0.1) is 0 Å². The van der Waals surface area contributed by atoms with Crippen LogP contribution in [0.2, 0.25) is 10.0 Å². The highest BCUT2D eigenvalue weighted by molar-refractivity contribution is 7.92. The number of aryl methyl sites for hydroxylation is 2. The monoisotopic (exact) mass is 719 g/mol. The quantitative estimate of drug-likeness (QED) is 0.160. The number of amides is 2. The molecule has 1 aliphatic rings. The van der Waals surface area contributed by atoms with Crippen molar-refractivity contribution in [3.63, 3.8) is 0 Å². The molecule has 0 aliphatic heterocycles. The number of hydrogen-bond acceptors (Lipinski definition) is 4. The van der Waals surface area contributed by atoms with Gasteiger partial charge in [0.15, 0.2) is 0 Å². The molecule has 1 atom stereocenters. The Bertz CT molecular complexity index is 1880. The number of halogens is 2. The van der Waals surface area contributed by atoms with Crippen LogP contribution in [0.4, 0.5) is 5.69 Å². The zero-order valence-electron chi connectivity index (χ0n) is 28.2. The largest absolute Gasteiger partial charge is 0.352 e. The molecule has 0 bridgehead atoms. The number of anilines is 1. The first kappa shape index (κ1) is 36.4. The Hall–Kier alpha value is -3.85. The van der Waals surface area contributed by atoms with Crippen LogP contribution in [-0.4, -0.2) is 43.8 Å². The maximum atomic E-state index is 14.8. The number of nitrogens with zero attached hydrogens (tertiary/aromatic N) is 2. The van der Waals surface area contributed by atoms with Gasteiger partial charge in [-0.25, -0.2) is 8.42 Å². The zero-order valence-corrected chi connectivity index (χ0v) is 30.5. The highest BCUT2D eigenvalue weighted by atomic mass is 35.5. The third-order valence-corrected chi connectivity index (χ3v) is 11.7. The molecule has 0 spiro atoms. The van der Waals surface area contributed by atoms with E-state index < -0.39 is 28.5 Å². The SMILES string of the molecule is Cc1ccc(S(=O)(=O)N(CC(=O)N(Cc2ccc(Cl)cc2Cl)[C@@H](Cc2ccccc2)C(=O)NC2CCCCC2)c2cccc(C)c2C)cc1. The molecule has 0 saturated heterocycles. The minimum Gasteiger partial charge on any atom is -0.352 e. The first-order chi connectivity index (χ1) is 23.4. The van der Waals surface area contributed by atoms with E-state index in [-0.39, 0.29) is 29.8 Å². The molecule has 5 rings (SSSR count). The molecule has 0 aromatic heterocycles. The van der Waals surface area contributed by atoms with Crippen molar-refractivity contribution in [2.75, 3.05) is 10.8 Å². The Morgan fingerprint density at radius 2 is 1.55 bits per heavy atom. The van der Waals surface area contributed by atoms with Gasteiger partial charge in [-0.1, -0.05) is 109 Å². The van der Waals surface area contributed by atoms with Crippen LogP contribution in [0.3, 0.4) is 0 Å². The average molecular weight is 721 g/mol. The molecule has 258 valence electrons. The molecule has 1 N–H and O–H groups in total. The van der Waals surface area contributed by atoms with Crippen LogP contribution in [0.1, 0.15) is 59.9 Å². The molecule has 10 heteroatoms. The molecule has 0 heterocycles. The van der Waals surface area contributed by atoms with Crippen molar-refractivity contribution < 1.29 is 18.0 Å². The van der Waals surface area contributed by atoms with Crippen molar-refractivity contribution in [3.8, 4) is 0 Å². The molecule has 4 aromatic rings. The van der Waals surface area contributed by atoms with E-state index in [1.54, 1.807) is 54.6 Å². The van der Waals surface area contributed by atoms with E-state index in [2.05, 4.69) is 5.32 Å². The molecule has 1 saturated carbocycles. The van der Waals surface area contributed by atoms with Crippen LogP contribution in [0.5, 0.6) is 0 Å². The summed E-state index contributed by atoms with van der Waals surface area (Å²) in [5, 5.41) is 4.01. The van der Waals surface area contributed by atoms with Crippen molar-refractivity contribution in [2.45, 2.75) is 82.8 Å². The van der Waals surface area contributed by atoms with Crippen molar-refractivity contribution in [2.24, 2.45) is 0 Å². The Labute approximate surface area is 300 Å². The van der Waals surface area contributed by atoms with Crippen LogP contribution < -0.4 is 9.62 Å². The normalized spacial score (nSPS) is 14.2. The van der Waals surface area contributed by atoms with Crippen molar-refractivity contribution in [1.29, 1.82) is 0 Å². The number of carbonyl (C=O) groups excluding carboxylic acids is 2. The third-order valence-electron chi connectivity index (χ3n) is 9.31. The van der Waals surface area contributed by atoms with Crippen LogP contribution in [-0.2, 0) is 32.6 Å². The van der Waals surface area contributed by atoms with Gasteiger partial charge in [-0.05, 0) is 86.2 Å². The summed E-state index contributed by atoms with van der Waals surface area (Å²) in [7, 11) is -4.21. The van der Waals surface area contributed by atoms with Gasteiger partial charge >= 0.3 is 0 Å². The van der Waals surface area contributed by atoms with Crippen LogP contribution in [0, 0.1) is 20.8 Å². The Kier molecular flexibility index (Phi) is 12.1. The van der Waals surface area contributed by atoms with Gasteiger partial charge in [0.2, 0.25) is 11.8 Å². The molecule has 4 aromatic carbocycles. The third kappa shape index (κ3) is 9.04. The fraction of sp³-hybridized carbons (Fsp3) is 0.333. The van der Waals surface area contributed by atoms with Crippen LogP contribution >= 0.6 is 23.2 Å². The average Bonchev–Trinajstić information content (AvgIpc) is 3.08. The summed E-state index contributed by atoms with van der Waals surface area (Å²) in [5.41, 5.74) is 4.37. The van der Waals surface area contributed by atoms with Crippen LogP contribution in [0.15, 0.2) is 95.9 Å². The Morgan fingerprint density at radius 3 is 2.22 bits per heavy atom. The fourth-order valence-electron chi connectivity index (χ4n) is 6.29. The Balaban J connectivity index is 1.60. The maximum absolute atomic E-state index is 14.8. The second kappa shape index (κ2) is 16.2. The van der Waals surface area contributed by atoms with Crippen molar-refractivity contribution in [3.05, 3.63) is 129 Å². The standard InChI is InChI=1S/C39H43Cl2N3O4S/c1-27-17-21-34(22-18-27)49(47,48)44(36-16-10-11-28(2)29(36)3)26-38(45)43(25-31-19-20-32(40)24-35(31)41)37(23-30-12-6-4-7-13-30)39(46)42-33-14-8-5-9-15-33/h4,6-7,10-13,16-22,24,33,37H,5,8-9,14-15,23,25-26H2,1-3H3,(H,42,46)/t37-/m0/s1. The minimum atomic E-state index is -4.21. The summed E-state index contributed by atoms with van der Waals surface area (Å²) in [4.78, 5) is 30.7. The summed E-state index contributed by atoms with van der Waals surface area (Å²) in [6.07, 6.45) is 5.15. The second-order valence-electron chi connectivity index (χ2n) is 12.9. The number of benzene rings is 4. The summed E-state index contributed by atoms with van der Waals surface area (Å²) < 4.78 is 30.0. The molecule has 1 fully saturated rings. The molecule has 7 nitrogen and oxygen atoms in total. The first-order valence-electron chi connectivity index (χ1n) is 16.7. The topological polar surface area (TPSA) is 86.8 Å². The number of rotatable bonds is 12. The molecule has 2 amide bonds. The van der Waals surface area contributed by atoms with Crippen LogP contribution in [0.25, 0.3) is 0 Å². The highest BCUT2D eigenvalue weighted by Crippen LogP contribution is 2.30. The van der Waals surface area contributed by atoms with Gasteiger partial charge in [0, 0.05) is 29.1 Å². The summed E-state index contributed by atoms with van der Waals surface area (Å²) >= 11 is 12.9.